The summed E-state index contributed by atoms with van der Waals surface area (Å²) < 4.78 is 5.59. The lowest BCUT2D eigenvalue weighted by Gasteiger charge is -2.34. The average molecular weight is 254 g/mol. The highest BCUT2D eigenvalue weighted by molar-refractivity contribution is 5.79. The van der Waals surface area contributed by atoms with Crippen molar-refractivity contribution in [2.45, 2.75) is 51.2 Å². The van der Waals surface area contributed by atoms with Gasteiger partial charge in [-0.1, -0.05) is 6.92 Å². The Balaban J connectivity index is 1.88. The van der Waals surface area contributed by atoms with Crippen molar-refractivity contribution in [3.63, 3.8) is 0 Å². The largest absolute Gasteiger partial charge is 0.376 e. The fourth-order valence-corrected chi connectivity index (χ4v) is 3.17. The van der Waals surface area contributed by atoms with Crippen LogP contribution in [0.1, 0.15) is 39.0 Å². The first-order valence-electron chi connectivity index (χ1n) is 7.20. The first-order valence-corrected chi connectivity index (χ1v) is 7.20. The van der Waals surface area contributed by atoms with E-state index < -0.39 is 0 Å². The molecule has 0 spiro atoms. The molecule has 2 aliphatic rings. The van der Waals surface area contributed by atoms with Crippen LogP contribution in [0.2, 0.25) is 0 Å². The van der Waals surface area contributed by atoms with Gasteiger partial charge >= 0.3 is 0 Å². The number of hydrogen-bond acceptors (Lipinski definition) is 3. The summed E-state index contributed by atoms with van der Waals surface area (Å²) in [4.78, 5) is 14.3. The summed E-state index contributed by atoms with van der Waals surface area (Å²) in [6, 6.07) is 0.200. The molecule has 1 saturated heterocycles. The fraction of sp³-hybridized carbons (Fsp3) is 0.929. The van der Waals surface area contributed by atoms with Crippen molar-refractivity contribution in [1.82, 2.24) is 4.90 Å². The van der Waals surface area contributed by atoms with Gasteiger partial charge in [-0.15, -0.1) is 0 Å². The number of rotatable bonds is 3. The molecule has 4 atom stereocenters. The smallest absolute Gasteiger partial charge is 0.225 e. The minimum absolute atomic E-state index is 0.111. The number of likely N-dealkylation sites (N-methyl/N-ethyl adjacent to an activating group) is 1. The van der Waals surface area contributed by atoms with Gasteiger partial charge in [0.05, 0.1) is 6.10 Å². The maximum absolute atomic E-state index is 12.5. The van der Waals surface area contributed by atoms with Crippen LogP contribution in [-0.4, -0.2) is 43.2 Å². The fourth-order valence-electron chi connectivity index (χ4n) is 3.17. The van der Waals surface area contributed by atoms with Crippen molar-refractivity contribution in [2.75, 3.05) is 20.2 Å². The number of nitrogens with zero attached hydrogens (tertiary/aromatic N) is 1. The van der Waals surface area contributed by atoms with E-state index in [1.807, 2.05) is 11.9 Å². The molecular formula is C14H26N2O2. The Kier molecular flexibility index (Phi) is 4.62. The summed E-state index contributed by atoms with van der Waals surface area (Å²) in [5.74, 6) is 0.831. The zero-order valence-electron chi connectivity index (χ0n) is 11.6. The van der Waals surface area contributed by atoms with E-state index in [9.17, 15) is 4.79 Å². The second-order valence-electron chi connectivity index (χ2n) is 6.01. The minimum Gasteiger partial charge on any atom is -0.376 e. The van der Waals surface area contributed by atoms with Gasteiger partial charge in [0.1, 0.15) is 0 Å². The Hall–Kier alpha value is -0.610. The molecule has 1 amide bonds. The second-order valence-corrected chi connectivity index (χ2v) is 6.01. The third-order valence-corrected chi connectivity index (χ3v) is 4.43. The third-order valence-electron chi connectivity index (χ3n) is 4.43. The number of ether oxygens (including phenoxy) is 1. The van der Waals surface area contributed by atoms with Gasteiger partial charge < -0.3 is 15.4 Å². The van der Waals surface area contributed by atoms with Gasteiger partial charge in [-0.05, 0) is 38.0 Å². The van der Waals surface area contributed by atoms with Crippen LogP contribution in [0, 0.1) is 11.8 Å². The van der Waals surface area contributed by atoms with Gasteiger partial charge in [-0.2, -0.15) is 0 Å². The summed E-state index contributed by atoms with van der Waals surface area (Å²) >= 11 is 0. The van der Waals surface area contributed by atoms with E-state index in [4.69, 9.17) is 10.5 Å². The second kappa shape index (κ2) is 6.02. The summed E-state index contributed by atoms with van der Waals surface area (Å²) in [7, 11) is 1.90. The highest BCUT2D eigenvalue weighted by Gasteiger charge is 2.33. The summed E-state index contributed by atoms with van der Waals surface area (Å²) in [6.07, 6.45) is 5.42. The van der Waals surface area contributed by atoms with E-state index in [2.05, 4.69) is 6.92 Å². The Morgan fingerprint density at radius 3 is 2.83 bits per heavy atom. The van der Waals surface area contributed by atoms with Crippen LogP contribution in [0.25, 0.3) is 0 Å². The molecule has 0 radical (unpaired) electrons. The maximum Gasteiger partial charge on any atom is 0.225 e. The number of nitrogens with two attached hydrogens (primary N) is 1. The SMILES string of the molecule is CC1CCC(N)CC1C(=O)N(C)CC1CCCO1. The van der Waals surface area contributed by atoms with Crippen LogP contribution >= 0.6 is 0 Å². The van der Waals surface area contributed by atoms with Crippen molar-refractivity contribution in [3.05, 3.63) is 0 Å². The van der Waals surface area contributed by atoms with E-state index in [0.29, 0.717) is 5.92 Å². The first kappa shape index (κ1) is 13.8. The van der Waals surface area contributed by atoms with Crippen LogP contribution in [-0.2, 0) is 9.53 Å². The lowest BCUT2D eigenvalue weighted by Crippen LogP contribution is -2.44. The molecule has 104 valence electrons. The van der Waals surface area contributed by atoms with Crippen LogP contribution in [0.15, 0.2) is 0 Å². The van der Waals surface area contributed by atoms with Gasteiger partial charge in [-0.3, -0.25) is 4.79 Å². The monoisotopic (exact) mass is 254 g/mol. The number of carbonyl (C=O) groups excluding carboxylic acids is 1. The molecule has 4 nitrogen and oxygen atoms in total. The molecule has 0 aromatic rings. The predicted molar refractivity (Wildman–Crippen MR) is 71.1 cm³/mol. The van der Waals surface area contributed by atoms with E-state index in [-0.39, 0.29) is 24.0 Å². The molecule has 2 N–H and O–H groups in total. The van der Waals surface area contributed by atoms with Gasteiger partial charge in [0.25, 0.3) is 0 Å². The molecule has 0 bridgehead atoms. The summed E-state index contributed by atoms with van der Waals surface area (Å²) in [6.45, 7) is 3.75. The molecule has 1 saturated carbocycles. The van der Waals surface area contributed by atoms with E-state index >= 15 is 0 Å². The zero-order chi connectivity index (χ0) is 13.1. The Morgan fingerprint density at radius 2 is 2.17 bits per heavy atom. The molecule has 4 heteroatoms. The highest BCUT2D eigenvalue weighted by Crippen LogP contribution is 2.30. The number of hydrogen-bond donors (Lipinski definition) is 1. The average Bonchev–Trinajstić information content (AvgIpc) is 2.84. The van der Waals surface area contributed by atoms with Gasteiger partial charge in [0.2, 0.25) is 5.91 Å². The van der Waals surface area contributed by atoms with Crippen molar-refractivity contribution >= 4 is 5.91 Å². The number of carbonyl (C=O) groups is 1. The first-order chi connectivity index (χ1) is 8.58. The standard InChI is InChI=1S/C14H26N2O2/c1-10-5-6-11(15)8-13(10)14(17)16(2)9-12-4-3-7-18-12/h10-13H,3-9,15H2,1-2H3. The van der Waals surface area contributed by atoms with Crippen molar-refractivity contribution in [3.8, 4) is 0 Å². The lowest BCUT2D eigenvalue weighted by atomic mass is 9.77. The summed E-state index contributed by atoms with van der Waals surface area (Å²) in [5, 5.41) is 0. The van der Waals surface area contributed by atoms with Crippen molar-refractivity contribution in [2.24, 2.45) is 17.6 Å². The molecule has 18 heavy (non-hydrogen) atoms. The molecular weight excluding hydrogens is 228 g/mol. The van der Waals surface area contributed by atoms with Crippen LogP contribution in [0.4, 0.5) is 0 Å². The Bertz CT molecular complexity index is 290. The Morgan fingerprint density at radius 1 is 1.39 bits per heavy atom. The molecule has 0 aromatic heterocycles. The molecule has 0 aromatic carbocycles. The van der Waals surface area contributed by atoms with E-state index in [1.54, 1.807) is 0 Å². The van der Waals surface area contributed by atoms with E-state index in [0.717, 1.165) is 45.3 Å². The maximum atomic E-state index is 12.5. The molecule has 4 unspecified atom stereocenters. The molecule has 1 heterocycles. The zero-order valence-corrected chi connectivity index (χ0v) is 11.6. The highest BCUT2D eigenvalue weighted by atomic mass is 16.5. The lowest BCUT2D eigenvalue weighted by molar-refractivity contribution is -0.138. The Labute approximate surface area is 110 Å². The molecule has 1 aliphatic heterocycles. The minimum atomic E-state index is 0.111. The molecule has 1 aliphatic carbocycles. The normalized spacial score (nSPS) is 36.6. The molecule has 2 rings (SSSR count). The van der Waals surface area contributed by atoms with Crippen LogP contribution in [0.3, 0.4) is 0 Å². The van der Waals surface area contributed by atoms with Gasteiger partial charge in [0, 0.05) is 32.2 Å². The van der Waals surface area contributed by atoms with E-state index in [1.165, 1.54) is 0 Å². The summed E-state index contributed by atoms with van der Waals surface area (Å²) in [5.41, 5.74) is 5.99. The van der Waals surface area contributed by atoms with Gasteiger partial charge in [-0.25, -0.2) is 0 Å². The molecule has 2 fully saturated rings. The third kappa shape index (κ3) is 3.23. The topological polar surface area (TPSA) is 55.6 Å². The number of amides is 1. The van der Waals surface area contributed by atoms with Crippen LogP contribution in [0.5, 0.6) is 0 Å². The van der Waals surface area contributed by atoms with Crippen LogP contribution < -0.4 is 5.73 Å². The quantitative estimate of drug-likeness (QED) is 0.828. The van der Waals surface area contributed by atoms with Crippen molar-refractivity contribution in [1.29, 1.82) is 0 Å². The van der Waals surface area contributed by atoms with Crippen molar-refractivity contribution < 1.29 is 9.53 Å². The predicted octanol–water partition coefficient (Wildman–Crippen LogP) is 1.39. The van der Waals surface area contributed by atoms with Gasteiger partial charge in [0.15, 0.2) is 0 Å².